The van der Waals surface area contributed by atoms with Gasteiger partial charge in [-0.25, -0.2) is 4.39 Å². The summed E-state index contributed by atoms with van der Waals surface area (Å²) in [6, 6.07) is 8.26. The largest absolute Gasteiger partial charge is 0.506 e. The highest BCUT2D eigenvalue weighted by atomic mass is 79.9. The zero-order valence-corrected chi connectivity index (χ0v) is 17.1. The molecule has 0 unspecified atom stereocenters. The Balaban J connectivity index is 1.76. The molecule has 2 N–H and O–H groups in total. The van der Waals surface area contributed by atoms with Crippen LogP contribution < -0.4 is 5.32 Å². The number of amides is 3. The number of nitrogens with zero attached hydrogens (tertiary/aromatic N) is 1. The first kappa shape index (κ1) is 20.4. The number of rotatable bonds is 4. The summed E-state index contributed by atoms with van der Waals surface area (Å²) in [5.74, 6) is -2.10. The van der Waals surface area contributed by atoms with Gasteiger partial charge >= 0.3 is 0 Å². The standard InChI is InChI=1S/C18H11BrClFN2O4S/c19-10-4-9(16(25)13(20)6-10)5-14-17(26)23(18(27)28-14)8-15(24)22-12-3-1-2-11(21)7-12/h1-7,25H,8H2,(H,22,24)/b14-5-. The Morgan fingerprint density at radius 2 is 2.07 bits per heavy atom. The zero-order chi connectivity index (χ0) is 20.4. The molecule has 2 aromatic rings. The predicted molar refractivity (Wildman–Crippen MR) is 109 cm³/mol. The minimum absolute atomic E-state index is 0.0352. The number of nitrogens with one attached hydrogen (secondary N) is 1. The van der Waals surface area contributed by atoms with Gasteiger partial charge in [-0.15, -0.1) is 0 Å². The summed E-state index contributed by atoms with van der Waals surface area (Å²) in [6.45, 7) is -0.524. The van der Waals surface area contributed by atoms with Crippen LogP contribution in [-0.4, -0.2) is 33.6 Å². The normalized spacial score (nSPS) is 15.4. The van der Waals surface area contributed by atoms with E-state index >= 15 is 0 Å². The Bertz CT molecular complexity index is 1030. The molecule has 0 spiro atoms. The van der Waals surface area contributed by atoms with Gasteiger partial charge in [0.2, 0.25) is 5.91 Å². The maximum atomic E-state index is 13.2. The van der Waals surface area contributed by atoms with Crippen molar-refractivity contribution in [3.63, 3.8) is 0 Å². The van der Waals surface area contributed by atoms with Crippen molar-refractivity contribution in [2.24, 2.45) is 0 Å². The summed E-state index contributed by atoms with van der Waals surface area (Å²) >= 11 is 9.77. The van der Waals surface area contributed by atoms with E-state index in [-0.39, 0.29) is 26.9 Å². The highest BCUT2D eigenvalue weighted by Crippen LogP contribution is 2.37. The lowest BCUT2D eigenvalue weighted by Gasteiger charge is -2.12. The lowest BCUT2D eigenvalue weighted by atomic mass is 10.2. The zero-order valence-electron chi connectivity index (χ0n) is 13.9. The number of hydrogen-bond donors (Lipinski definition) is 2. The van der Waals surface area contributed by atoms with Crippen LogP contribution >= 0.6 is 39.3 Å². The average molecular weight is 486 g/mol. The third-order valence-electron chi connectivity index (χ3n) is 3.63. The maximum absolute atomic E-state index is 13.2. The Labute approximate surface area is 176 Å². The smallest absolute Gasteiger partial charge is 0.294 e. The summed E-state index contributed by atoms with van der Waals surface area (Å²) in [6.07, 6.45) is 1.32. The molecule has 6 nitrogen and oxygen atoms in total. The molecule has 1 saturated heterocycles. The second-order valence-corrected chi connectivity index (χ2v) is 7.97. The molecule has 0 aliphatic carbocycles. The number of thioether (sulfide) groups is 1. The molecule has 1 heterocycles. The molecule has 0 aromatic heterocycles. The Hall–Kier alpha value is -2.36. The molecule has 0 atom stereocenters. The van der Waals surface area contributed by atoms with Gasteiger partial charge in [0, 0.05) is 15.7 Å². The topological polar surface area (TPSA) is 86.7 Å². The number of benzene rings is 2. The number of phenols is 1. The van der Waals surface area contributed by atoms with Crippen molar-refractivity contribution in [2.45, 2.75) is 0 Å². The lowest BCUT2D eigenvalue weighted by molar-refractivity contribution is -0.127. The van der Waals surface area contributed by atoms with Gasteiger partial charge in [0.25, 0.3) is 11.1 Å². The predicted octanol–water partition coefficient (Wildman–Crippen LogP) is 4.62. The molecule has 0 bridgehead atoms. The van der Waals surface area contributed by atoms with Crippen molar-refractivity contribution in [3.05, 3.63) is 62.2 Å². The van der Waals surface area contributed by atoms with Crippen LogP contribution in [0.2, 0.25) is 5.02 Å². The van der Waals surface area contributed by atoms with E-state index in [1.807, 2.05) is 0 Å². The third-order valence-corrected chi connectivity index (χ3v) is 5.28. The molecular weight excluding hydrogens is 475 g/mol. The van der Waals surface area contributed by atoms with Crippen LogP contribution in [0.15, 0.2) is 45.8 Å². The summed E-state index contributed by atoms with van der Waals surface area (Å²) < 4.78 is 13.8. The van der Waals surface area contributed by atoms with E-state index in [1.165, 1.54) is 36.4 Å². The van der Waals surface area contributed by atoms with E-state index in [9.17, 15) is 23.9 Å². The van der Waals surface area contributed by atoms with E-state index in [4.69, 9.17) is 11.6 Å². The molecule has 10 heteroatoms. The number of anilines is 1. The molecule has 144 valence electrons. The Morgan fingerprint density at radius 3 is 2.79 bits per heavy atom. The van der Waals surface area contributed by atoms with Crippen LogP contribution in [0.5, 0.6) is 5.75 Å². The van der Waals surface area contributed by atoms with Crippen molar-refractivity contribution in [1.82, 2.24) is 4.90 Å². The number of aromatic hydroxyl groups is 1. The molecule has 0 saturated carbocycles. The van der Waals surface area contributed by atoms with Crippen molar-refractivity contribution >= 4 is 68.1 Å². The summed E-state index contributed by atoms with van der Waals surface area (Å²) in [7, 11) is 0. The van der Waals surface area contributed by atoms with Crippen molar-refractivity contribution in [1.29, 1.82) is 0 Å². The first-order chi connectivity index (χ1) is 13.2. The molecule has 3 amide bonds. The van der Waals surface area contributed by atoms with Crippen molar-refractivity contribution in [3.8, 4) is 5.75 Å². The van der Waals surface area contributed by atoms with Gasteiger partial charge in [0.15, 0.2) is 0 Å². The number of hydrogen-bond acceptors (Lipinski definition) is 5. The van der Waals surface area contributed by atoms with Gasteiger partial charge in [0.05, 0.1) is 9.93 Å². The summed E-state index contributed by atoms with van der Waals surface area (Å²) in [5, 5.41) is 11.9. The van der Waals surface area contributed by atoms with E-state index in [2.05, 4.69) is 21.2 Å². The molecule has 2 aromatic carbocycles. The molecule has 1 aliphatic heterocycles. The van der Waals surface area contributed by atoms with Gasteiger partial charge in [-0.2, -0.15) is 0 Å². The highest BCUT2D eigenvalue weighted by molar-refractivity contribution is 9.10. The number of imide groups is 1. The van der Waals surface area contributed by atoms with Crippen LogP contribution in [-0.2, 0) is 9.59 Å². The Kier molecular flexibility index (Phi) is 6.07. The van der Waals surface area contributed by atoms with Gasteiger partial charge in [-0.05, 0) is 48.2 Å². The van der Waals surface area contributed by atoms with Crippen LogP contribution in [0, 0.1) is 5.82 Å². The summed E-state index contributed by atoms with van der Waals surface area (Å²) in [4.78, 5) is 37.5. The molecular formula is C18H11BrClFN2O4S. The van der Waals surface area contributed by atoms with Crippen molar-refractivity contribution < 1.29 is 23.9 Å². The lowest BCUT2D eigenvalue weighted by Crippen LogP contribution is -2.36. The second kappa shape index (κ2) is 8.34. The molecule has 1 aliphatic rings. The minimum Gasteiger partial charge on any atom is -0.506 e. The van der Waals surface area contributed by atoms with Gasteiger partial charge in [-0.1, -0.05) is 33.6 Å². The molecule has 28 heavy (non-hydrogen) atoms. The van der Waals surface area contributed by atoms with Crippen molar-refractivity contribution in [2.75, 3.05) is 11.9 Å². The van der Waals surface area contributed by atoms with Crippen LogP contribution in [0.1, 0.15) is 5.56 Å². The second-order valence-electron chi connectivity index (χ2n) is 5.65. The van der Waals surface area contributed by atoms with E-state index < -0.39 is 29.4 Å². The van der Waals surface area contributed by atoms with Gasteiger partial charge < -0.3 is 10.4 Å². The maximum Gasteiger partial charge on any atom is 0.294 e. The fourth-order valence-electron chi connectivity index (χ4n) is 2.38. The first-order valence-corrected chi connectivity index (χ1v) is 9.72. The van der Waals surface area contributed by atoms with Crippen LogP contribution in [0.25, 0.3) is 6.08 Å². The highest BCUT2D eigenvalue weighted by Gasteiger charge is 2.36. The monoisotopic (exact) mass is 484 g/mol. The number of halogens is 3. The molecule has 0 radical (unpaired) electrons. The van der Waals surface area contributed by atoms with Crippen LogP contribution in [0.3, 0.4) is 0 Å². The summed E-state index contributed by atoms with van der Waals surface area (Å²) in [5.41, 5.74) is 0.454. The quantitative estimate of drug-likeness (QED) is 0.617. The van der Waals surface area contributed by atoms with E-state index in [1.54, 1.807) is 0 Å². The Morgan fingerprint density at radius 1 is 1.32 bits per heavy atom. The number of carbonyl (C=O) groups is 3. The number of phenolic OH excluding ortho intramolecular Hbond substituents is 1. The average Bonchev–Trinajstić information content (AvgIpc) is 2.86. The molecule has 1 fully saturated rings. The van der Waals surface area contributed by atoms with E-state index in [0.717, 1.165) is 11.0 Å². The minimum atomic E-state index is -0.681. The van der Waals surface area contributed by atoms with Gasteiger partial charge in [0.1, 0.15) is 18.1 Å². The van der Waals surface area contributed by atoms with E-state index in [0.29, 0.717) is 16.2 Å². The molecule has 3 rings (SSSR count). The van der Waals surface area contributed by atoms with Gasteiger partial charge in [-0.3, -0.25) is 19.3 Å². The number of carbonyl (C=O) groups excluding carboxylic acids is 3. The fourth-order valence-corrected chi connectivity index (χ4v) is 4.05. The van der Waals surface area contributed by atoms with Crippen LogP contribution in [0.4, 0.5) is 14.9 Å². The fraction of sp³-hybridized carbons (Fsp3) is 0.0556. The third kappa shape index (κ3) is 4.54. The SMILES string of the molecule is O=C(CN1C(=O)S/C(=C\c2cc(Br)cc(Cl)c2O)C1=O)Nc1cccc(F)c1. The first-order valence-electron chi connectivity index (χ1n) is 7.73.